The molecule has 0 bridgehead atoms. The number of rotatable bonds is 7. The van der Waals surface area contributed by atoms with E-state index in [4.69, 9.17) is 27.6 Å². The van der Waals surface area contributed by atoms with Crippen molar-refractivity contribution in [2.45, 2.75) is 44.9 Å². The lowest BCUT2D eigenvalue weighted by Gasteiger charge is -2.37. The summed E-state index contributed by atoms with van der Waals surface area (Å²) < 4.78 is 20.5. The van der Waals surface area contributed by atoms with Crippen molar-refractivity contribution in [1.82, 2.24) is 5.32 Å². The Balaban J connectivity index is 2.92. The van der Waals surface area contributed by atoms with Crippen LogP contribution in [0.2, 0.25) is 23.2 Å². The van der Waals surface area contributed by atoms with Crippen LogP contribution in [0.25, 0.3) is 0 Å². The molecule has 0 heterocycles. The maximum Gasteiger partial charge on any atom is 0.192 e. The summed E-state index contributed by atoms with van der Waals surface area (Å²) in [6.07, 6.45) is 0. The molecule has 0 spiro atoms. The molecule has 0 unspecified atom stereocenters. The number of hydrogen-bond acceptors (Lipinski definition) is 2. The molecule has 0 fully saturated rings. The second-order valence-electron chi connectivity index (χ2n) is 6.91. The van der Waals surface area contributed by atoms with E-state index in [1.54, 1.807) is 18.2 Å². The number of nitrogens with one attached hydrogen (secondary N) is 1. The standard InChI is InChI=1S/C16H26Cl2FNOSi/c1-16(2,3)22(4,5)21-11-14(20-10-9-17)12-7-6-8-13(18)15(12)19/h6-8,14,20H,9-11H2,1-5H3/t14-/m1/s1. The molecule has 0 amide bonds. The average molecular weight is 366 g/mol. The number of alkyl halides is 1. The normalized spacial score (nSPS) is 14.2. The van der Waals surface area contributed by atoms with E-state index in [1.807, 2.05) is 0 Å². The van der Waals surface area contributed by atoms with Crippen molar-refractivity contribution in [1.29, 1.82) is 0 Å². The van der Waals surface area contributed by atoms with Crippen molar-refractivity contribution in [3.63, 3.8) is 0 Å². The molecule has 1 atom stereocenters. The quantitative estimate of drug-likeness (QED) is 0.517. The van der Waals surface area contributed by atoms with E-state index in [0.717, 1.165) is 0 Å². The molecule has 1 aromatic rings. The summed E-state index contributed by atoms with van der Waals surface area (Å²) >= 11 is 11.6. The summed E-state index contributed by atoms with van der Waals surface area (Å²) in [6.45, 7) is 11.9. The number of benzene rings is 1. The lowest BCUT2D eigenvalue weighted by molar-refractivity contribution is 0.243. The fourth-order valence-corrected chi connectivity index (χ4v) is 3.09. The molecule has 2 nitrogen and oxygen atoms in total. The van der Waals surface area contributed by atoms with E-state index in [1.165, 1.54) is 0 Å². The van der Waals surface area contributed by atoms with Gasteiger partial charge in [-0.1, -0.05) is 44.5 Å². The third-order valence-corrected chi connectivity index (χ3v) is 9.24. The van der Waals surface area contributed by atoms with Gasteiger partial charge in [-0.05, 0) is 24.2 Å². The molecule has 1 N–H and O–H groups in total. The van der Waals surface area contributed by atoms with Crippen LogP contribution >= 0.6 is 23.2 Å². The van der Waals surface area contributed by atoms with Crippen LogP contribution in [0.1, 0.15) is 32.4 Å². The maximum atomic E-state index is 14.3. The molecule has 6 heteroatoms. The first-order valence-corrected chi connectivity index (χ1v) is 11.3. The summed E-state index contributed by atoms with van der Waals surface area (Å²) in [7, 11) is -1.90. The van der Waals surface area contributed by atoms with Gasteiger partial charge in [-0.3, -0.25) is 0 Å². The zero-order valence-corrected chi connectivity index (χ0v) is 16.5. The molecule has 0 aliphatic rings. The minimum Gasteiger partial charge on any atom is -0.415 e. The van der Waals surface area contributed by atoms with Crippen molar-refractivity contribution >= 4 is 31.5 Å². The molecule has 126 valence electrons. The number of halogens is 3. The zero-order chi connectivity index (χ0) is 17.0. The Hall–Kier alpha value is -0.133. The molecule has 0 saturated carbocycles. The predicted molar refractivity (Wildman–Crippen MR) is 96.0 cm³/mol. The van der Waals surface area contributed by atoms with E-state index < -0.39 is 14.1 Å². The van der Waals surface area contributed by atoms with Crippen LogP contribution in [-0.2, 0) is 4.43 Å². The first-order valence-electron chi connectivity index (χ1n) is 7.47. The molecule has 0 aliphatic heterocycles. The van der Waals surface area contributed by atoms with Crippen molar-refractivity contribution in [3.05, 3.63) is 34.6 Å². The fourth-order valence-electron chi connectivity index (χ4n) is 1.79. The predicted octanol–water partition coefficient (Wildman–Crippen LogP) is 5.37. The lowest BCUT2D eigenvalue weighted by Crippen LogP contribution is -2.43. The Morgan fingerprint density at radius 2 is 1.95 bits per heavy atom. The summed E-state index contributed by atoms with van der Waals surface area (Å²) in [5.41, 5.74) is 0.524. The van der Waals surface area contributed by atoms with Gasteiger partial charge >= 0.3 is 0 Å². The van der Waals surface area contributed by atoms with Gasteiger partial charge in [0.1, 0.15) is 5.82 Å². The van der Waals surface area contributed by atoms with E-state index in [-0.39, 0.29) is 16.1 Å². The van der Waals surface area contributed by atoms with Crippen LogP contribution in [0.5, 0.6) is 0 Å². The van der Waals surface area contributed by atoms with Crippen LogP contribution in [0, 0.1) is 5.82 Å². The van der Waals surface area contributed by atoms with Crippen LogP contribution in [0.3, 0.4) is 0 Å². The Morgan fingerprint density at radius 1 is 1.32 bits per heavy atom. The second-order valence-corrected chi connectivity index (χ2v) is 12.5. The highest BCUT2D eigenvalue weighted by Crippen LogP contribution is 2.37. The topological polar surface area (TPSA) is 21.3 Å². The Kier molecular flexibility index (Phi) is 7.34. The molecular formula is C16H26Cl2FNOSi. The van der Waals surface area contributed by atoms with Crippen LogP contribution in [0.4, 0.5) is 4.39 Å². The van der Waals surface area contributed by atoms with Gasteiger partial charge in [0.25, 0.3) is 0 Å². The molecule has 0 aromatic heterocycles. The van der Waals surface area contributed by atoms with Gasteiger partial charge in [0.2, 0.25) is 0 Å². The molecule has 1 aromatic carbocycles. The summed E-state index contributed by atoms with van der Waals surface area (Å²) in [5.74, 6) is 0.0637. The van der Waals surface area contributed by atoms with E-state index in [2.05, 4.69) is 39.2 Å². The number of hydrogen-bond donors (Lipinski definition) is 1. The summed E-state index contributed by atoms with van der Waals surface area (Å²) in [4.78, 5) is 0. The second kappa shape index (κ2) is 8.11. The fraction of sp³-hybridized carbons (Fsp3) is 0.625. The lowest BCUT2D eigenvalue weighted by atomic mass is 10.1. The first kappa shape index (κ1) is 19.9. The highest BCUT2D eigenvalue weighted by Gasteiger charge is 2.37. The van der Waals surface area contributed by atoms with Crippen LogP contribution < -0.4 is 5.32 Å². The largest absolute Gasteiger partial charge is 0.415 e. The molecule has 1 rings (SSSR count). The van der Waals surface area contributed by atoms with Crippen molar-refractivity contribution in [2.24, 2.45) is 0 Å². The van der Waals surface area contributed by atoms with E-state index in [0.29, 0.717) is 24.6 Å². The summed E-state index contributed by atoms with van der Waals surface area (Å²) in [5, 5.41) is 3.48. The molecule has 0 saturated heterocycles. The van der Waals surface area contributed by atoms with Gasteiger partial charge in [-0.25, -0.2) is 4.39 Å². The van der Waals surface area contributed by atoms with Gasteiger partial charge < -0.3 is 9.74 Å². The molecule has 22 heavy (non-hydrogen) atoms. The van der Waals surface area contributed by atoms with Crippen LogP contribution in [0.15, 0.2) is 18.2 Å². The SMILES string of the molecule is CC(C)(C)[Si](C)(C)OC[C@@H](NCCCl)c1cccc(Cl)c1F. The van der Waals surface area contributed by atoms with Crippen molar-refractivity contribution in [3.8, 4) is 0 Å². The van der Waals surface area contributed by atoms with Gasteiger partial charge in [-0.15, -0.1) is 11.6 Å². The maximum absolute atomic E-state index is 14.3. The Morgan fingerprint density at radius 3 is 2.50 bits per heavy atom. The van der Waals surface area contributed by atoms with Crippen molar-refractivity contribution < 1.29 is 8.82 Å². The Labute approximate surface area is 144 Å². The summed E-state index contributed by atoms with van der Waals surface area (Å²) in [6, 6.07) is 4.78. The van der Waals surface area contributed by atoms with Gasteiger partial charge in [0, 0.05) is 18.0 Å². The monoisotopic (exact) mass is 365 g/mol. The molecule has 0 radical (unpaired) electrons. The Bertz CT molecular complexity index is 492. The highest BCUT2D eigenvalue weighted by molar-refractivity contribution is 6.74. The average Bonchev–Trinajstić information content (AvgIpc) is 2.41. The van der Waals surface area contributed by atoms with Crippen LogP contribution in [-0.4, -0.2) is 27.3 Å². The smallest absolute Gasteiger partial charge is 0.192 e. The van der Waals surface area contributed by atoms with Gasteiger partial charge in [0.15, 0.2) is 8.32 Å². The molecular weight excluding hydrogens is 340 g/mol. The van der Waals surface area contributed by atoms with E-state index >= 15 is 0 Å². The van der Waals surface area contributed by atoms with Gasteiger partial charge in [0.05, 0.1) is 17.7 Å². The third-order valence-electron chi connectivity index (χ3n) is 4.26. The van der Waals surface area contributed by atoms with Gasteiger partial charge in [-0.2, -0.15) is 0 Å². The van der Waals surface area contributed by atoms with Crippen molar-refractivity contribution in [2.75, 3.05) is 19.0 Å². The minimum absolute atomic E-state index is 0.108. The highest BCUT2D eigenvalue weighted by atomic mass is 35.5. The molecule has 0 aliphatic carbocycles. The zero-order valence-electron chi connectivity index (χ0n) is 14.0. The minimum atomic E-state index is -1.90. The van der Waals surface area contributed by atoms with E-state index in [9.17, 15) is 4.39 Å². The first-order chi connectivity index (χ1) is 10.1. The third kappa shape index (κ3) is 5.20.